The van der Waals surface area contributed by atoms with E-state index in [4.69, 9.17) is 17.3 Å². The van der Waals surface area contributed by atoms with Crippen LogP contribution < -0.4 is 11.1 Å². The standard InChI is InChI=1S/C14H19BrClN3O/c1-14(8-17)4-5-19(9-14)7-13(20)18-12-3-2-10(15)6-11(12)16/h2-3,6H,4-5,7-9,17H2,1H3,(H,18,20). The van der Waals surface area contributed by atoms with E-state index in [0.717, 1.165) is 24.0 Å². The highest BCUT2D eigenvalue weighted by atomic mass is 79.9. The number of nitrogens with one attached hydrogen (secondary N) is 1. The van der Waals surface area contributed by atoms with Gasteiger partial charge < -0.3 is 11.1 Å². The summed E-state index contributed by atoms with van der Waals surface area (Å²) in [6.07, 6.45) is 1.04. The van der Waals surface area contributed by atoms with Crippen LogP contribution in [0.5, 0.6) is 0 Å². The van der Waals surface area contributed by atoms with Gasteiger partial charge in [0.15, 0.2) is 0 Å². The first-order valence-electron chi connectivity index (χ1n) is 6.59. The van der Waals surface area contributed by atoms with E-state index in [9.17, 15) is 4.79 Å². The normalized spacial score (nSPS) is 23.0. The molecule has 4 nitrogen and oxygen atoms in total. The molecule has 0 saturated carbocycles. The fourth-order valence-electron chi connectivity index (χ4n) is 2.41. The van der Waals surface area contributed by atoms with E-state index >= 15 is 0 Å². The van der Waals surface area contributed by atoms with Crippen LogP contribution in [0.15, 0.2) is 22.7 Å². The van der Waals surface area contributed by atoms with Crippen molar-refractivity contribution in [2.75, 3.05) is 31.5 Å². The summed E-state index contributed by atoms with van der Waals surface area (Å²) < 4.78 is 0.888. The predicted molar refractivity (Wildman–Crippen MR) is 86.0 cm³/mol. The lowest BCUT2D eigenvalue weighted by Crippen LogP contribution is -2.35. The largest absolute Gasteiger partial charge is 0.330 e. The first-order chi connectivity index (χ1) is 9.42. The summed E-state index contributed by atoms with van der Waals surface area (Å²) in [4.78, 5) is 14.2. The third-order valence-corrected chi connectivity index (χ3v) is 4.51. The van der Waals surface area contributed by atoms with Crippen molar-refractivity contribution >= 4 is 39.1 Å². The number of carbonyl (C=O) groups excluding carboxylic acids is 1. The Bertz CT molecular complexity index is 511. The molecule has 0 spiro atoms. The van der Waals surface area contributed by atoms with Crippen LogP contribution in [0.4, 0.5) is 5.69 Å². The van der Waals surface area contributed by atoms with Gasteiger partial charge in [-0.2, -0.15) is 0 Å². The molecular formula is C14H19BrClN3O. The molecule has 1 aliphatic heterocycles. The minimum atomic E-state index is -0.0458. The molecule has 2 rings (SSSR count). The molecule has 0 radical (unpaired) electrons. The fraction of sp³-hybridized carbons (Fsp3) is 0.500. The quantitative estimate of drug-likeness (QED) is 0.868. The second-order valence-corrected chi connectivity index (χ2v) is 6.97. The van der Waals surface area contributed by atoms with E-state index in [1.165, 1.54) is 0 Å². The molecule has 1 aromatic rings. The molecule has 3 N–H and O–H groups in total. The molecule has 1 unspecified atom stereocenters. The number of likely N-dealkylation sites (tertiary alicyclic amines) is 1. The number of hydrogen-bond donors (Lipinski definition) is 2. The molecule has 1 saturated heterocycles. The van der Waals surface area contributed by atoms with Gasteiger partial charge in [0.2, 0.25) is 5.91 Å². The van der Waals surface area contributed by atoms with Crippen LogP contribution >= 0.6 is 27.5 Å². The third kappa shape index (κ3) is 3.95. The van der Waals surface area contributed by atoms with Gasteiger partial charge in [-0.1, -0.05) is 34.5 Å². The van der Waals surface area contributed by atoms with Crippen molar-refractivity contribution in [1.29, 1.82) is 0 Å². The Morgan fingerprint density at radius 3 is 2.95 bits per heavy atom. The summed E-state index contributed by atoms with van der Waals surface area (Å²) in [5, 5.41) is 3.37. The van der Waals surface area contributed by atoms with Gasteiger partial charge in [-0.25, -0.2) is 0 Å². The molecule has 0 bridgehead atoms. The lowest BCUT2D eigenvalue weighted by molar-refractivity contribution is -0.117. The average Bonchev–Trinajstić information content (AvgIpc) is 2.75. The van der Waals surface area contributed by atoms with Crippen LogP contribution in [0, 0.1) is 5.41 Å². The minimum Gasteiger partial charge on any atom is -0.330 e. The molecule has 0 aromatic heterocycles. The van der Waals surface area contributed by atoms with E-state index < -0.39 is 0 Å². The molecule has 1 aliphatic rings. The molecule has 1 amide bonds. The van der Waals surface area contributed by atoms with Gasteiger partial charge in [-0.3, -0.25) is 9.69 Å². The number of benzene rings is 1. The second kappa shape index (κ2) is 6.43. The zero-order valence-corrected chi connectivity index (χ0v) is 13.8. The summed E-state index contributed by atoms with van der Waals surface area (Å²) in [6, 6.07) is 5.40. The number of nitrogens with two attached hydrogens (primary N) is 1. The van der Waals surface area contributed by atoms with Crippen molar-refractivity contribution < 1.29 is 4.79 Å². The van der Waals surface area contributed by atoms with E-state index in [1.807, 2.05) is 6.07 Å². The summed E-state index contributed by atoms with van der Waals surface area (Å²) in [5.74, 6) is -0.0458. The lowest BCUT2D eigenvalue weighted by atomic mass is 9.90. The van der Waals surface area contributed by atoms with Crippen LogP contribution in [-0.2, 0) is 4.79 Å². The van der Waals surface area contributed by atoms with Gasteiger partial charge in [0, 0.05) is 11.0 Å². The van der Waals surface area contributed by atoms with Crippen LogP contribution in [-0.4, -0.2) is 37.0 Å². The van der Waals surface area contributed by atoms with Crippen LogP contribution in [0.3, 0.4) is 0 Å². The topological polar surface area (TPSA) is 58.4 Å². The molecule has 6 heteroatoms. The highest BCUT2D eigenvalue weighted by molar-refractivity contribution is 9.10. The fourth-order valence-corrected chi connectivity index (χ4v) is 3.13. The first-order valence-corrected chi connectivity index (χ1v) is 7.76. The second-order valence-electron chi connectivity index (χ2n) is 5.65. The number of carbonyl (C=O) groups is 1. The SMILES string of the molecule is CC1(CN)CCN(CC(=O)Nc2ccc(Br)cc2Cl)C1. The molecule has 1 atom stereocenters. The predicted octanol–water partition coefficient (Wildman–Crippen LogP) is 2.71. The van der Waals surface area contributed by atoms with Gasteiger partial charge in [0.05, 0.1) is 17.3 Å². The Balaban J connectivity index is 1.90. The van der Waals surface area contributed by atoms with E-state index in [0.29, 0.717) is 23.8 Å². The van der Waals surface area contributed by atoms with E-state index in [2.05, 4.69) is 33.1 Å². The Kier molecular flexibility index (Phi) is 5.07. The Morgan fingerprint density at radius 2 is 2.35 bits per heavy atom. The van der Waals surface area contributed by atoms with Crippen molar-refractivity contribution in [2.45, 2.75) is 13.3 Å². The number of anilines is 1. The molecular weight excluding hydrogens is 342 g/mol. The van der Waals surface area contributed by atoms with Gasteiger partial charge in [-0.15, -0.1) is 0 Å². The molecule has 20 heavy (non-hydrogen) atoms. The van der Waals surface area contributed by atoms with Crippen LogP contribution in [0.1, 0.15) is 13.3 Å². The number of hydrogen-bond acceptors (Lipinski definition) is 3. The monoisotopic (exact) mass is 359 g/mol. The van der Waals surface area contributed by atoms with E-state index in [1.54, 1.807) is 12.1 Å². The summed E-state index contributed by atoms with van der Waals surface area (Å²) in [5.41, 5.74) is 6.54. The minimum absolute atomic E-state index is 0.0458. The summed E-state index contributed by atoms with van der Waals surface area (Å²) >= 11 is 9.42. The number of rotatable bonds is 4. The van der Waals surface area contributed by atoms with Crippen molar-refractivity contribution in [1.82, 2.24) is 4.90 Å². The molecule has 0 aliphatic carbocycles. The summed E-state index contributed by atoms with van der Waals surface area (Å²) in [7, 11) is 0. The van der Waals surface area contributed by atoms with Crippen LogP contribution in [0.25, 0.3) is 0 Å². The molecule has 1 heterocycles. The number of nitrogens with zero attached hydrogens (tertiary/aromatic N) is 1. The zero-order valence-electron chi connectivity index (χ0n) is 11.5. The van der Waals surface area contributed by atoms with Gasteiger partial charge in [0.25, 0.3) is 0 Å². The smallest absolute Gasteiger partial charge is 0.238 e. The van der Waals surface area contributed by atoms with Gasteiger partial charge >= 0.3 is 0 Å². The maximum absolute atomic E-state index is 12.1. The average molecular weight is 361 g/mol. The lowest BCUT2D eigenvalue weighted by Gasteiger charge is -2.22. The molecule has 110 valence electrons. The molecule has 1 fully saturated rings. The highest BCUT2D eigenvalue weighted by Crippen LogP contribution is 2.29. The van der Waals surface area contributed by atoms with Crippen molar-refractivity contribution in [2.24, 2.45) is 11.1 Å². The Labute approximate surface area is 132 Å². The van der Waals surface area contributed by atoms with Crippen LogP contribution in [0.2, 0.25) is 5.02 Å². The number of amides is 1. The zero-order chi connectivity index (χ0) is 14.8. The van der Waals surface area contributed by atoms with Gasteiger partial charge in [0.1, 0.15) is 0 Å². The van der Waals surface area contributed by atoms with Crippen molar-refractivity contribution in [3.05, 3.63) is 27.7 Å². The van der Waals surface area contributed by atoms with Crippen molar-refractivity contribution in [3.8, 4) is 0 Å². The first kappa shape index (κ1) is 15.8. The highest BCUT2D eigenvalue weighted by Gasteiger charge is 2.33. The maximum atomic E-state index is 12.1. The summed E-state index contributed by atoms with van der Waals surface area (Å²) in [6.45, 7) is 4.97. The maximum Gasteiger partial charge on any atom is 0.238 e. The Morgan fingerprint density at radius 1 is 1.60 bits per heavy atom. The Hall–Kier alpha value is -0.620. The van der Waals surface area contributed by atoms with E-state index in [-0.39, 0.29) is 11.3 Å². The number of halogens is 2. The van der Waals surface area contributed by atoms with Gasteiger partial charge in [-0.05, 0) is 43.1 Å². The van der Waals surface area contributed by atoms with Crippen molar-refractivity contribution in [3.63, 3.8) is 0 Å². The third-order valence-electron chi connectivity index (χ3n) is 3.70. The molecule has 1 aromatic carbocycles.